The first-order valence-electron chi connectivity index (χ1n) is 5.47. The zero-order valence-corrected chi connectivity index (χ0v) is 10.6. The van der Waals surface area contributed by atoms with Gasteiger partial charge in [0.2, 0.25) is 0 Å². The number of anilines is 1. The minimum atomic E-state index is -0.516. The molecule has 0 aromatic carbocycles. The predicted octanol–water partition coefficient (Wildman–Crippen LogP) is 2.62. The summed E-state index contributed by atoms with van der Waals surface area (Å²) in [5.41, 5.74) is 0.744. The highest BCUT2D eigenvalue weighted by Gasteiger charge is 2.06. The van der Waals surface area contributed by atoms with Crippen LogP contribution in [0.2, 0.25) is 0 Å². The Bertz CT molecular complexity index is 538. The van der Waals surface area contributed by atoms with Gasteiger partial charge in [-0.25, -0.2) is 4.98 Å². The molecule has 0 atom stereocenters. The van der Waals surface area contributed by atoms with Crippen LogP contribution in [0.4, 0.5) is 11.5 Å². The number of aromatic nitrogens is 2. The zero-order valence-electron chi connectivity index (χ0n) is 9.79. The molecule has 2 aromatic rings. The number of hydrogen-bond acceptors (Lipinski definition) is 6. The van der Waals surface area contributed by atoms with E-state index < -0.39 is 4.92 Å². The fourth-order valence-corrected chi connectivity index (χ4v) is 2.17. The maximum Gasteiger partial charge on any atom is 0.363 e. The number of pyridine rings is 1. The van der Waals surface area contributed by atoms with E-state index in [9.17, 15) is 10.1 Å². The quantitative estimate of drug-likeness (QED) is 0.663. The van der Waals surface area contributed by atoms with Crippen molar-refractivity contribution in [3.05, 3.63) is 44.5 Å². The summed E-state index contributed by atoms with van der Waals surface area (Å²) in [5.74, 6) is -0.150. The van der Waals surface area contributed by atoms with Crippen molar-refractivity contribution in [2.24, 2.45) is 0 Å². The van der Waals surface area contributed by atoms with E-state index in [0.717, 1.165) is 17.1 Å². The van der Waals surface area contributed by atoms with Gasteiger partial charge in [-0.2, -0.15) is 0 Å². The first kappa shape index (κ1) is 12.4. The minimum absolute atomic E-state index is 0.150. The van der Waals surface area contributed by atoms with Crippen LogP contribution in [0.3, 0.4) is 0 Å². The molecule has 0 aliphatic rings. The van der Waals surface area contributed by atoms with Crippen LogP contribution in [0.5, 0.6) is 0 Å². The SMILES string of the molecule is CCc1cnc(CNc2ccc([N+](=O)[O-])nc2)s1. The van der Waals surface area contributed by atoms with Gasteiger partial charge in [0, 0.05) is 17.1 Å². The molecule has 0 aliphatic carbocycles. The van der Waals surface area contributed by atoms with Crippen LogP contribution in [0.1, 0.15) is 16.8 Å². The van der Waals surface area contributed by atoms with Gasteiger partial charge in [-0.3, -0.25) is 0 Å². The summed E-state index contributed by atoms with van der Waals surface area (Å²) in [7, 11) is 0. The second-order valence-electron chi connectivity index (χ2n) is 3.59. The molecule has 1 N–H and O–H groups in total. The third-order valence-electron chi connectivity index (χ3n) is 2.33. The third-order valence-corrected chi connectivity index (χ3v) is 3.47. The van der Waals surface area contributed by atoms with Crippen molar-refractivity contribution in [2.45, 2.75) is 19.9 Å². The summed E-state index contributed by atoms with van der Waals surface area (Å²) in [6.07, 6.45) is 4.30. The van der Waals surface area contributed by atoms with E-state index in [-0.39, 0.29) is 5.82 Å². The van der Waals surface area contributed by atoms with Crippen LogP contribution >= 0.6 is 11.3 Å². The van der Waals surface area contributed by atoms with Crippen LogP contribution < -0.4 is 5.32 Å². The number of nitro groups is 1. The molecule has 0 saturated heterocycles. The van der Waals surface area contributed by atoms with Crippen molar-refractivity contribution >= 4 is 22.8 Å². The first-order valence-corrected chi connectivity index (χ1v) is 6.28. The molecule has 0 spiro atoms. The Kier molecular flexibility index (Phi) is 3.83. The Morgan fingerprint density at radius 3 is 2.78 bits per heavy atom. The topological polar surface area (TPSA) is 81.0 Å². The van der Waals surface area contributed by atoms with E-state index in [1.807, 2.05) is 6.20 Å². The maximum absolute atomic E-state index is 10.4. The lowest BCUT2D eigenvalue weighted by molar-refractivity contribution is -0.389. The molecule has 0 amide bonds. The average molecular weight is 264 g/mol. The Hall–Kier alpha value is -2.02. The van der Waals surface area contributed by atoms with Crippen LogP contribution in [0, 0.1) is 10.1 Å². The van der Waals surface area contributed by atoms with E-state index in [4.69, 9.17) is 0 Å². The van der Waals surface area contributed by atoms with Crippen molar-refractivity contribution in [2.75, 3.05) is 5.32 Å². The molecule has 0 unspecified atom stereocenters. The highest BCUT2D eigenvalue weighted by Crippen LogP contribution is 2.16. The number of nitrogens with one attached hydrogen (secondary N) is 1. The Morgan fingerprint density at radius 1 is 1.39 bits per heavy atom. The van der Waals surface area contributed by atoms with Gasteiger partial charge >= 0.3 is 5.82 Å². The van der Waals surface area contributed by atoms with E-state index in [1.165, 1.54) is 17.1 Å². The number of hydrogen-bond donors (Lipinski definition) is 1. The Morgan fingerprint density at radius 2 is 2.22 bits per heavy atom. The van der Waals surface area contributed by atoms with Crippen molar-refractivity contribution in [1.82, 2.24) is 9.97 Å². The number of rotatable bonds is 5. The zero-order chi connectivity index (χ0) is 13.0. The summed E-state index contributed by atoms with van der Waals surface area (Å²) in [5, 5.41) is 14.6. The summed E-state index contributed by atoms with van der Waals surface area (Å²) >= 11 is 1.66. The van der Waals surface area contributed by atoms with Crippen molar-refractivity contribution in [1.29, 1.82) is 0 Å². The third kappa shape index (κ3) is 3.01. The minimum Gasteiger partial charge on any atom is -0.375 e. The number of nitrogens with zero attached hydrogens (tertiary/aromatic N) is 3. The van der Waals surface area contributed by atoms with Crippen LogP contribution in [-0.2, 0) is 13.0 Å². The molecule has 0 aliphatic heterocycles. The largest absolute Gasteiger partial charge is 0.375 e. The second kappa shape index (κ2) is 5.54. The lowest BCUT2D eigenvalue weighted by atomic mass is 10.4. The molecule has 2 aromatic heterocycles. The lowest BCUT2D eigenvalue weighted by Gasteiger charge is -2.01. The van der Waals surface area contributed by atoms with Gasteiger partial charge in [-0.05, 0) is 22.4 Å². The van der Waals surface area contributed by atoms with Gasteiger partial charge in [0.15, 0.2) is 6.20 Å². The molecule has 0 saturated carbocycles. The fourth-order valence-electron chi connectivity index (χ4n) is 1.37. The number of thiazole rings is 1. The van der Waals surface area contributed by atoms with Crippen molar-refractivity contribution in [3.8, 4) is 0 Å². The number of aryl methyl sites for hydroxylation is 1. The molecule has 2 heterocycles. The van der Waals surface area contributed by atoms with Gasteiger partial charge < -0.3 is 15.4 Å². The molecule has 0 fully saturated rings. The molecule has 18 heavy (non-hydrogen) atoms. The molecule has 6 nitrogen and oxygen atoms in total. The standard InChI is InChI=1S/C11H12N4O2S/c1-2-9-6-14-11(18-9)7-12-8-3-4-10(13-5-8)15(16)17/h3-6,12H,2,7H2,1H3. The van der Waals surface area contributed by atoms with Gasteiger partial charge in [-0.15, -0.1) is 11.3 Å². The van der Waals surface area contributed by atoms with Crippen LogP contribution in [-0.4, -0.2) is 14.9 Å². The summed E-state index contributed by atoms with van der Waals surface area (Å²) in [6, 6.07) is 3.02. The van der Waals surface area contributed by atoms with E-state index in [0.29, 0.717) is 6.54 Å². The Balaban J connectivity index is 1.95. The van der Waals surface area contributed by atoms with Gasteiger partial charge in [0.1, 0.15) is 5.01 Å². The lowest BCUT2D eigenvalue weighted by Crippen LogP contribution is -2.00. The summed E-state index contributed by atoms with van der Waals surface area (Å²) < 4.78 is 0. The molecule has 0 radical (unpaired) electrons. The van der Waals surface area contributed by atoms with Gasteiger partial charge in [-0.1, -0.05) is 6.92 Å². The average Bonchev–Trinajstić information content (AvgIpc) is 2.85. The van der Waals surface area contributed by atoms with Gasteiger partial charge in [0.05, 0.1) is 12.2 Å². The van der Waals surface area contributed by atoms with Crippen molar-refractivity contribution < 1.29 is 4.92 Å². The van der Waals surface area contributed by atoms with E-state index in [2.05, 4.69) is 22.2 Å². The summed E-state index contributed by atoms with van der Waals surface area (Å²) in [6.45, 7) is 2.69. The monoisotopic (exact) mass is 264 g/mol. The Labute approximate surface area is 108 Å². The first-order chi connectivity index (χ1) is 8.69. The molecule has 7 heteroatoms. The second-order valence-corrected chi connectivity index (χ2v) is 4.79. The smallest absolute Gasteiger partial charge is 0.363 e. The van der Waals surface area contributed by atoms with E-state index in [1.54, 1.807) is 17.4 Å². The fraction of sp³-hybridized carbons (Fsp3) is 0.273. The normalized spacial score (nSPS) is 10.3. The predicted molar refractivity (Wildman–Crippen MR) is 69.7 cm³/mol. The highest BCUT2D eigenvalue weighted by molar-refractivity contribution is 7.11. The highest BCUT2D eigenvalue weighted by atomic mass is 32.1. The van der Waals surface area contributed by atoms with Crippen LogP contribution in [0.15, 0.2) is 24.5 Å². The molecule has 0 bridgehead atoms. The molecular formula is C11H12N4O2S. The maximum atomic E-state index is 10.4. The molecule has 2 rings (SSSR count). The van der Waals surface area contributed by atoms with Gasteiger partial charge in [0.25, 0.3) is 0 Å². The van der Waals surface area contributed by atoms with Crippen molar-refractivity contribution in [3.63, 3.8) is 0 Å². The van der Waals surface area contributed by atoms with Crippen LogP contribution in [0.25, 0.3) is 0 Å². The van der Waals surface area contributed by atoms with E-state index >= 15 is 0 Å². The molecule has 94 valence electrons. The molecular weight excluding hydrogens is 252 g/mol. The summed E-state index contributed by atoms with van der Waals surface area (Å²) in [4.78, 5) is 19.2.